The van der Waals surface area contributed by atoms with Crippen LogP contribution >= 0.6 is 0 Å². The van der Waals surface area contributed by atoms with Crippen LogP contribution in [-0.4, -0.2) is 91.4 Å². The van der Waals surface area contributed by atoms with Gasteiger partial charge in [0.1, 0.15) is 36.3 Å². The van der Waals surface area contributed by atoms with Gasteiger partial charge >= 0.3 is 18.1 Å². The van der Waals surface area contributed by atoms with Gasteiger partial charge in [-0.15, -0.1) is 0 Å². The molecular formula is C37H45N7O8. The Hall–Kier alpha value is -5.12. The number of carbonyl (C=O) groups is 3. The molecule has 2 aliphatic heterocycles. The first-order valence-electron chi connectivity index (χ1n) is 17.3. The molecule has 0 spiro atoms. The molecule has 0 unspecified atom stereocenters. The average molecular weight is 716 g/mol. The summed E-state index contributed by atoms with van der Waals surface area (Å²) < 4.78 is 31.7. The first-order chi connectivity index (χ1) is 24.8. The van der Waals surface area contributed by atoms with Gasteiger partial charge in [0.2, 0.25) is 0 Å². The van der Waals surface area contributed by atoms with Crippen molar-refractivity contribution in [3.63, 3.8) is 0 Å². The smallest absolute Gasteiger partial charge is 0.413 e. The van der Waals surface area contributed by atoms with Crippen molar-refractivity contribution in [3.05, 3.63) is 84.4 Å². The van der Waals surface area contributed by atoms with Gasteiger partial charge in [-0.2, -0.15) is 0 Å². The van der Waals surface area contributed by atoms with Gasteiger partial charge in [-0.05, 0) is 52.7 Å². The number of hydrogen-bond acceptors (Lipinski definition) is 11. The number of aromatic nitrogens is 4. The van der Waals surface area contributed by atoms with Gasteiger partial charge in [-0.1, -0.05) is 60.7 Å². The van der Waals surface area contributed by atoms with Gasteiger partial charge in [0.05, 0.1) is 12.9 Å². The second-order valence-corrected chi connectivity index (χ2v) is 14.1. The third-order valence-electron chi connectivity index (χ3n) is 8.50. The Morgan fingerprint density at radius 2 is 1.63 bits per heavy atom. The molecule has 15 heteroatoms. The predicted molar refractivity (Wildman–Crippen MR) is 189 cm³/mol. The van der Waals surface area contributed by atoms with E-state index >= 15 is 0 Å². The van der Waals surface area contributed by atoms with E-state index in [2.05, 4.69) is 25.6 Å². The molecule has 2 N–H and O–H groups in total. The number of hydrogen-bond donors (Lipinski definition) is 2. The maximum atomic E-state index is 14.2. The van der Waals surface area contributed by atoms with Crippen molar-refractivity contribution in [2.75, 3.05) is 18.5 Å². The molecule has 0 saturated carbocycles. The van der Waals surface area contributed by atoms with E-state index in [-0.39, 0.29) is 31.9 Å². The molecule has 4 heterocycles. The number of rotatable bonds is 11. The molecule has 0 aliphatic carbocycles. The fraction of sp³-hybridized carbons (Fsp3) is 0.459. The molecule has 2 fully saturated rings. The van der Waals surface area contributed by atoms with Crippen molar-refractivity contribution >= 4 is 35.1 Å². The maximum absolute atomic E-state index is 14.2. The quantitative estimate of drug-likeness (QED) is 0.201. The lowest BCUT2D eigenvalue weighted by Crippen LogP contribution is -2.52. The summed E-state index contributed by atoms with van der Waals surface area (Å²) in [6.07, 6.45) is -0.167. The predicted octanol–water partition coefficient (Wildman–Crippen LogP) is 4.98. The number of amides is 3. The number of urea groups is 1. The van der Waals surface area contributed by atoms with E-state index in [0.29, 0.717) is 11.2 Å². The van der Waals surface area contributed by atoms with Gasteiger partial charge in [0.15, 0.2) is 29.0 Å². The number of ether oxygens (including phenoxy) is 5. The van der Waals surface area contributed by atoms with Gasteiger partial charge in [0, 0.05) is 19.5 Å². The van der Waals surface area contributed by atoms with Crippen molar-refractivity contribution in [1.82, 2.24) is 29.7 Å². The highest BCUT2D eigenvalue weighted by atomic mass is 16.8. The Morgan fingerprint density at radius 1 is 0.962 bits per heavy atom. The molecule has 3 amide bonds. The first-order valence-corrected chi connectivity index (χ1v) is 17.3. The average Bonchev–Trinajstić information content (AvgIpc) is 3.76. The van der Waals surface area contributed by atoms with E-state index in [1.54, 1.807) is 32.3 Å². The van der Waals surface area contributed by atoms with Crippen LogP contribution in [0, 0.1) is 0 Å². The molecule has 4 aromatic rings. The van der Waals surface area contributed by atoms with E-state index in [9.17, 15) is 14.4 Å². The van der Waals surface area contributed by atoms with Crippen molar-refractivity contribution in [1.29, 1.82) is 0 Å². The van der Waals surface area contributed by atoms with Crippen LogP contribution in [0.1, 0.15) is 58.9 Å². The molecule has 6 rings (SSSR count). The minimum Gasteiger partial charge on any atom is -0.464 e. The molecule has 2 saturated heterocycles. The Balaban J connectivity index is 1.24. The summed E-state index contributed by atoms with van der Waals surface area (Å²) in [5, 5.41) is 5.65. The SMILES string of the molecule is CCOC(=O)[C@H](Cc1ccccc1)N(Cc1ccccc1)C(=O)NC[C@H]1O[C@@H](n2cnc3c(NC(=O)OC(C)(C)C)ncnc32)[C@@H]2OC(C)(C)O[C@@H]21. The minimum absolute atomic E-state index is 0.0369. The number of carbonyl (C=O) groups excluding carboxylic acids is 3. The highest BCUT2D eigenvalue weighted by molar-refractivity contribution is 5.93. The fourth-order valence-electron chi connectivity index (χ4n) is 6.37. The maximum Gasteiger partial charge on any atom is 0.413 e. The molecule has 52 heavy (non-hydrogen) atoms. The minimum atomic E-state index is -0.946. The molecule has 5 atom stereocenters. The standard InChI is InChI=1S/C37H45N7O8/c1-7-48-33(45)25(18-23-14-10-8-11-15-23)43(20-24-16-12-9-13-17-24)34(46)38-19-26-28-29(51-37(5,6)50-28)32(49-26)44-22-41-27-30(39-21-40-31(27)44)42-35(47)52-36(2,3)4/h8-17,21-22,25-26,28-29,32H,7,18-20H2,1-6H3,(H,38,46)(H,39,40,42,47)/t25-,26+,28+,29+,32+/m0/s1. The van der Waals surface area contributed by atoms with Crippen LogP contribution in [0.2, 0.25) is 0 Å². The molecule has 0 bridgehead atoms. The van der Waals surface area contributed by atoms with Gasteiger partial charge in [-0.25, -0.2) is 29.3 Å². The van der Waals surface area contributed by atoms with Gasteiger partial charge < -0.3 is 33.9 Å². The molecule has 2 aromatic carbocycles. The molecular weight excluding hydrogens is 670 g/mol. The normalized spacial score (nSPS) is 21.3. The fourth-order valence-corrected chi connectivity index (χ4v) is 6.37. The third-order valence-corrected chi connectivity index (χ3v) is 8.50. The van der Waals surface area contributed by atoms with E-state index < -0.39 is 60.1 Å². The Kier molecular flexibility index (Phi) is 10.7. The summed E-state index contributed by atoms with van der Waals surface area (Å²) >= 11 is 0. The number of fused-ring (bicyclic) bond motifs is 2. The highest BCUT2D eigenvalue weighted by Crippen LogP contribution is 2.43. The molecule has 2 aliphatic rings. The third kappa shape index (κ3) is 8.49. The summed E-state index contributed by atoms with van der Waals surface area (Å²) in [6.45, 7) is 11.0. The summed E-state index contributed by atoms with van der Waals surface area (Å²) in [5.74, 6) is -1.28. The lowest BCUT2D eigenvalue weighted by Gasteiger charge is -2.31. The Morgan fingerprint density at radius 3 is 2.31 bits per heavy atom. The lowest BCUT2D eigenvalue weighted by atomic mass is 10.0. The second kappa shape index (κ2) is 15.2. The largest absolute Gasteiger partial charge is 0.464 e. The number of benzene rings is 2. The van der Waals surface area contributed by atoms with Crippen molar-refractivity contribution in [2.24, 2.45) is 0 Å². The Labute approximate surface area is 302 Å². The Bertz CT molecular complexity index is 1860. The molecule has 276 valence electrons. The molecule has 2 aromatic heterocycles. The van der Waals surface area contributed by atoms with E-state index in [4.69, 9.17) is 23.7 Å². The van der Waals surface area contributed by atoms with Gasteiger partial charge in [0.25, 0.3) is 0 Å². The number of esters is 1. The topological polar surface area (TPSA) is 168 Å². The summed E-state index contributed by atoms with van der Waals surface area (Å²) in [4.78, 5) is 54.7. The van der Waals surface area contributed by atoms with Gasteiger partial charge in [-0.3, -0.25) is 9.88 Å². The van der Waals surface area contributed by atoms with Crippen LogP contribution in [0.3, 0.4) is 0 Å². The zero-order valence-electron chi connectivity index (χ0n) is 30.1. The second-order valence-electron chi connectivity index (χ2n) is 14.1. The van der Waals surface area contributed by atoms with Crippen molar-refractivity contribution < 1.29 is 38.1 Å². The first kappa shape index (κ1) is 36.7. The van der Waals surface area contributed by atoms with E-state index in [1.165, 1.54) is 17.6 Å². The van der Waals surface area contributed by atoms with Crippen LogP contribution in [0.25, 0.3) is 11.2 Å². The number of nitrogens with zero attached hydrogens (tertiary/aromatic N) is 5. The molecule has 0 radical (unpaired) electrons. The zero-order chi connectivity index (χ0) is 37.0. The number of nitrogens with one attached hydrogen (secondary N) is 2. The van der Waals surface area contributed by atoms with Crippen LogP contribution in [-0.2, 0) is 41.4 Å². The lowest BCUT2D eigenvalue weighted by molar-refractivity contribution is -0.195. The van der Waals surface area contributed by atoms with Crippen LogP contribution < -0.4 is 10.6 Å². The summed E-state index contributed by atoms with van der Waals surface area (Å²) in [6, 6.07) is 17.6. The van der Waals surface area contributed by atoms with Crippen molar-refractivity contribution in [3.8, 4) is 0 Å². The van der Waals surface area contributed by atoms with Crippen molar-refractivity contribution in [2.45, 2.75) is 96.5 Å². The highest BCUT2D eigenvalue weighted by Gasteiger charge is 2.56. The molecule has 15 nitrogen and oxygen atoms in total. The van der Waals surface area contributed by atoms with E-state index in [1.807, 2.05) is 74.5 Å². The summed E-state index contributed by atoms with van der Waals surface area (Å²) in [7, 11) is 0. The van der Waals surface area contributed by atoms with Crippen LogP contribution in [0.4, 0.5) is 15.4 Å². The number of anilines is 1. The monoisotopic (exact) mass is 715 g/mol. The van der Waals surface area contributed by atoms with Crippen LogP contribution in [0.15, 0.2) is 73.3 Å². The summed E-state index contributed by atoms with van der Waals surface area (Å²) in [5.41, 5.74) is 1.73. The van der Waals surface area contributed by atoms with Crippen LogP contribution in [0.5, 0.6) is 0 Å². The van der Waals surface area contributed by atoms with E-state index in [0.717, 1.165) is 11.1 Å². The number of imidazole rings is 1. The zero-order valence-corrected chi connectivity index (χ0v) is 30.1.